The molecule has 1 amide bonds. The number of nitrogen functional groups attached to an aromatic ring is 1. The van der Waals surface area contributed by atoms with Crippen LogP contribution in [0.3, 0.4) is 0 Å². The molecule has 6 nitrogen and oxygen atoms in total. The molecule has 2 rings (SSSR count). The van der Waals surface area contributed by atoms with Crippen LogP contribution in [0.1, 0.15) is 29.8 Å². The van der Waals surface area contributed by atoms with Crippen LogP contribution in [0.15, 0.2) is 18.3 Å². The lowest BCUT2D eigenvalue weighted by Crippen LogP contribution is -2.41. The van der Waals surface area contributed by atoms with Crippen LogP contribution in [0.4, 0.5) is 5.69 Å². The van der Waals surface area contributed by atoms with Gasteiger partial charge in [-0.1, -0.05) is 0 Å². The van der Waals surface area contributed by atoms with Crippen LogP contribution in [-0.4, -0.2) is 30.1 Å². The van der Waals surface area contributed by atoms with E-state index in [0.717, 1.165) is 19.3 Å². The number of nitrogens with one attached hydrogen (secondary N) is 2. The quantitative estimate of drug-likeness (QED) is 0.539. The standard InChI is InChI=1S/C12H18N4O2/c1-18-11-4-2-3-9(11)15-12(17)10-7-8(16-13)5-6-14-10/h5-7,9,11H,2-4,13H2,1H3,(H,14,16)(H,15,17). The van der Waals surface area contributed by atoms with Gasteiger partial charge < -0.3 is 15.5 Å². The van der Waals surface area contributed by atoms with E-state index < -0.39 is 0 Å². The van der Waals surface area contributed by atoms with Crippen LogP contribution >= 0.6 is 0 Å². The van der Waals surface area contributed by atoms with Crippen LogP contribution < -0.4 is 16.6 Å². The van der Waals surface area contributed by atoms with Crippen molar-refractivity contribution in [2.75, 3.05) is 12.5 Å². The van der Waals surface area contributed by atoms with E-state index in [2.05, 4.69) is 15.7 Å². The van der Waals surface area contributed by atoms with E-state index in [0.29, 0.717) is 11.4 Å². The predicted molar refractivity (Wildman–Crippen MR) is 67.9 cm³/mol. The summed E-state index contributed by atoms with van der Waals surface area (Å²) in [6.45, 7) is 0. The number of hydrazine groups is 1. The molecule has 0 radical (unpaired) electrons. The van der Waals surface area contributed by atoms with E-state index in [-0.39, 0.29) is 18.1 Å². The number of carbonyl (C=O) groups excluding carboxylic acids is 1. The molecular formula is C12H18N4O2. The zero-order valence-electron chi connectivity index (χ0n) is 10.3. The van der Waals surface area contributed by atoms with Crippen LogP contribution in [0, 0.1) is 0 Å². The van der Waals surface area contributed by atoms with Crippen LogP contribution in [-0.2, 0) is 4.74 Å². The van der Waals surface area contributed by atoms with E-state index in [1.165, 1.54) is 0 Å². The van der Waals surface area contributed by atoms with Crippen molar-refractivity contribution in [3.63, 3.8) is 0 Å². The molecule has 4 N–H and O–H groups in total. The number of ether oxygens (including phenoxy) is 1. The topological polar surface area (TPSA) is 89.3 Å². The molecule has 98 valence electrons. The zero-order valence-corrected chi connectivity index (χ0v) is 10.3. The maximum Gasteiger partial charge on any atom is 0.270 e. The lowest BCUT2D eigenvalue weighted by molar-refractivity contribution is 0.0719. The molecule has 1 saturated carbocycles. The van der Waals surface area contributed by atoms with E-state index in [4.69, 9.17) is 10.6 Å². The number of hydrogen-bond acceptors (Lipinski definition) is 5. The van der Waals surface area contributed by atoms with Gasteiger partial charge in [0.15, 0.2) is 0 Å². The van der Waals surface area contributed by atoms with Crippen molar-refractivity contribution < 1.29 is 9.53 Å². The van der Waals surface area contributed by atoms with E-state index >= 15 is 0 Å². The minimum atomic E-state index is -0.193. The van der Waals surface area contributed by atoms with Gasteiger partial charge in [-0.2, -0.15) is 0 Å². The normalized spacial score (nSPS) is 22.8. The highest BCUT2D eigenvalue weighted by Crippen LogP contribution is 2.21. The second-order valence-corrected chi connectivity index (χ2v) is 4.36. The number of hydrogen-bond donors (Lipinski definition) is 3. The lowest BCUT2D eigenvalue weighted by atomic mass is 10.2. The number of rotatable bonds is 4. The fourth-order valence-corrected chi connectivity index (χ4v) is 2.26. The van der Waals surface area contributed by atoms with Gasteiger partial charge in [0.25, 0.3) is 5.91 Å². The first kappa shape index (κ1) is 12.8. The third-order valence-electron chi connectivity index (χ3n) is 3.23. The van der Waals surface area contributed by atoms with E-state index in [1.807, 2.05) is 0 Å². The number of nitrogens with zero attached hydrogens (tertiary/aromatic N) is 1. The summed E-state index contributed by atoms with van der Waals surface area (Å²) in [5.41, 5.74) is 3.50. The molecule has 18 heavy (non-hydrogen) atoms. The summed E-state index contributed by atoms with van der Waals surface area (Å²) in [6, 6.07) is 3.38. The fraction of sp³-hybridized carbons (Fsp3) is 0.500. The molecule has 1 aromatic rings. The highest BCUT2D eigenvalue weighted by molar-refractivity contribution is 5.93. The van der Waals surface area contributed by atoms with Gasteiger partial charge in [-0.3, -0.25) is 15.6 Å². The van der Waals surface area contributed by atoms with Crippen LogP contribution in [0.5, 0.6) is 0 Å². The zero-order chi connectivity index (χ0) is 13.0. The van der Waals surface area contributed by atoms with Gasteiger partial charge in [0.1, 0.15) is 5.69 Å². The summed E-state index contributed by atoms with van der Waals surface area (Å²) in [5, 5.41) is 2.95. The molecule has 0 spiro atoms. The Morgan fingerprint density at radius 1 is 1.56 bits per heavy atom. The molecule has 1 aliphatic carbocycles. The number of pyridine rings is 1. The van der Waals surface area contributed by atoms with E-state index in [1.54, 1.807) is 25.4 Å². The average molecular weight is 250 g/mol. The third-order valence-corrected chi connectivity index (χ3v) is 3.23. The maximum atomic E-state index is 12.0. The number of nitrogens with two attached hydrogens (primary N) is 1. The van der Waals surface area contributed by atoms with Gasteiger partial charge in [-0.15, -0.1) is 0 Å². The molecule has 1 fully saturated rings. The Morgan fingerprint density at radius 2 is 2.39 bits per heavy atom. The first-order valence-electron chi connectivity index (χ1n) is 6.01. The average Bonchev–Trinajstić information content (AvgIpc) is 2.86. The summed E-state index contributed by atoms with van der Waals surface area (Å²) < 4.78 is 5.34. The van der Waals surface area contributed by atoms with Gasteiger partial charge in [0.2, 0.25) is 0 Å². The monoisotopic (exact) mass is 250 g/mol. The van der Waals surface area contributed by atoms with Crippen LogP contribution in [0.2, 0.25) is 0 Å². The number of anilines is 1. The van der Waals surface area contributed by atoms with Gasteiger partial charge in [-0.05, 0) is 31.4 Å². The van der Waals surface area contributed by atoms with Crippen molar-refractivity contribution in [1.82, 2.24) is 10.3 Å². The predicted octanol–water partition coefficient (Wildman–Crippen LogP) is 0.664. The Bertz CT molecular complexity index is 424. The van der Waals surface area contributed by atoms with Crippen molar-refractivity contribution in [3.8, 4) is 0 Å². The molecule has 2 unspecified atom stereocenters. The van der Waals surface area contributed by atoms with Gasteiger partial charge in [0.05, 0.1) is 17.8 Å². The van der Waals surface area contributed by atoms with Crippen molar-refractivity contribution in [1.29, 1.82) is 0 Å². The molecule has 0 aromatic carbocycles. The Balaban J connectivity index is 2.02. The molecule has 0 saturated heterocycles. The SMILES string of the molecule is COC1CCCC1NC(=O)c1cc(NN)ccn1. The summed E-state index contributed by atoms with van der Waals surface area (Å²) >= 11 is 0. The minimum absolute atomic E-state index is 0.0683. The molecule has 0 aliphatic heterocycles. The Labute approximate surface area is 106 Å². The second-order valence-electron chi connectivity index (χ2n) is 4.36. The number of carbonyl (C=O) groups is 1. The first-order valence-corrected chi connectivity index (χ1v) is 6.01. The highest BCUT2D eigenvalue weighted by Gasteiger charge is 2.28. The second kappa shape index (κ2) is 5.79. The highest BCUT2D eigenvalue weighted by atomic mass is 16.5. The minimum Gasteiger partial charge on any atom is -0.379 e. The molecule has 2 atom stereocenters. The van der Waals surface area contributed by atoms with Gasteiger partial charge in [0, 0.05) is 13.3 Å². The van der Waals surface area contributed by atoms with Crippen molar-refractivity contribution in [3.05, 3.63) is 24.0 Å². The molecular weight excluding hydrogens is 232 g/mol. The fourth-order valence-electron chi connectivity index (χ4n) is 2.26. The lowest BCUT2D eigenvalue weighted by Gasteiger charge is -2.19. The molecule has 1 aliphatic rings. The summed E-state index contributed by atoms with van der Waals surface area (Å²) in [5.74, 6) is 5.10. The Morgan fingerprint density at radius 3 is 3.11 bits per heavy atom. The van der Waals surface area contributed by atoms with Crippen molar-refractivity contribution in [2.45, 2.75) is 31.4 Å². The molecule has 6 heteroatoms. The summed E-state index contributed by atoms with van der Waals surface area (Å²) in [6.07, 6.45) is 4.65. The molecule has 0 bridgehead atoms. The van der Waals surface area contributed by atoms with Crippen molar-refractivity contribution >= 4 is 11.6 Å². The molecule has 1 aromatic heterocycles. The number of methoxy groups -OCH3 is 1. The van der Waals surface area contributed by atoms with Crippen molar-refractivity contribution in [2.24, 2.45) is 5.84 Å². The smallest absolute Gasteiger partial charge is 0.270 e. The Kier molecular flexibility index (Phi) is 4.11. The summed E-state index contributed by atoms with van der Waals surface area (Å²) in [4.78, 5) is 16.1. The van der Waals surface area contributed by atoms with Gasteiger partial charge >= 0.3 is 0 Å². The van der Waals surface area contributed by atoms with Crippen LogP contribution in [0.25, 0.3) is 0 Å². The Hall–Kier alpha value is -1.66. The number of amides is 1. The maximum absolute atomic E-state index is 12.0. The van der Waals surface area contributed by atoms with Gasteiger partial charge in [-0.25, -0.2) is 0 Å². The first-order chi connectivity index (χ1) is 8.74. The number of aromatic nitrogens is 1. The molecule has 1 heterocycles. The van der Waals surface area contributed by atoms with E-state index in [9.17, 15) is 4.79 Å². The summed E-state index contributed by atoms with van der Waals surface area (Å²) in [7, 11) is 1.67. The third kappa shape index (κ3) is 2.77. The largest absolute Gasteiger partial charge is 0.379 e.